The molecular weight excluding hydrogens is 202 g/mol. The number of hydrogen-bond acceptors (Lipinski definition) is 4. The first-order valence-electron chi connectivity index (χ1n) is 4.96. The fourth-order valence-electron chi connectivity index (χ4n) is 1.56. The number of benzene rings is 1. The minimum absolute atomic E-state index is 0.650. The number of hydrazone groups is 1. The molecule has 1 aromatic carbocycles. The molecule has 2 rings (SSSR count). The van der Waals surface area contributed by atoms with Gasteiger partial charge in [-0.3, -0.25) is 0 Å². The molecule has 0 spiro atoms. The highest BCUT2D eigenvalue weighted by atomic mass is 16.5. The maximum atomic E-state index is 5.34. The molecule has 0 saturated carbocycles. The highest BCUT2D eigenvalue weighted by Gasteiger charge is 2.16. The molecule has 1 aromatic rings. The number of rotatable bonds is 2. The summed E-state index contributed by atoms with van der Waals surface area (Å²) in [4.78, 5) is 0. The van der Waals surface area contributed by atoms with Gasteiger partial charge in [-0.2, -0.15) is 5.10 Å². The zero-order valence-electron chi connectivity index (χ0n) is 9.32. The summed E-state index contributed by atoms with van der Waals surface area (Å²) >= 11 is 0. The lowest BCUT2D eigenvalue weighted by molar-refractivity contribution is 0.414. The zero-order valence-corrected chi connectivity index (χ0v) is 9.32. The van der Waals surface area contributed by atoms with E-state index in [-0.39, 0.29) is 0 Å². The van der Waals surface area contributed by atoms with Gasteiger partial charge in [0.1, 0.15) is 23.9 Å². The van der Waals surface area contributed by atoms with E-state index >= 15 is 0 Å². The Bertz CT molecular complexity index is 474. The van der Waals surface area contributed by atoms with Crippen LogP contribution in [0.25, 0.3) is 0 Å². The van der Waals surface area contributed by atoms with E-state index in [0.29, 0.717) is 6.67 Å². The van der Waals surface area contributed by atoms with Crippen LogP contribution in [0.2, 0.25) is 0 Å². The molecule has 4 nitrogen and oxygen atoms in total. The van der Waals surface area contributed by atoms with Gasteiger partial charge in [-0.1, -0.05) is 5.92 Å². The first kappa shape index (κ1) is 10.4. The zero-order chi connectivity index (χ0) is 11.5. The van der Waals surface area contributed by atoms with Gasteiger partial charge in [-0.05, 0) is 25.1 Å². The Kier molecular flexibility index (Phi) is 2.69. The lowest BCUT2D eigenvalue weighted by Gasteiger charge is -2.16. The molecule has 0 bridgehead atoms. The second kappa shape index (κ2) is 4.15. The number of amidine groups is 1. The summed E-state index contributed by atoms with van der Waals surface area (Å²) in [6.07, 6.45) is 5.34. The molecule has 1 aliphatic rings. The molecule has 1 N–H and O–H groups in total. The largest absolute Gasteiger partial charge is 0.494 e. The van der Waals surface area contributed by atoms with Crippen molar-refractivity contribution >= 4 is 11.5 Å². The smallest absolute Gasteiger partial charge is 0.145 e. The van der Waals surface area contributed by atoms with E-state index in [0.717, 1.165) is 22.8 Å². The molecule has 0 aromatic heterocycles. The Balaban J connectivity index is 2.38. The van der Waals surface area contributed by atoms with E-state index in [1.807, 2.05) is 30.1 Å². The number of nitrogens with one attached hydrogen (secondary N) is 1. The third kappa shape index (κ3) is 1.80. The van der Waals surface area contributed by atoms with Gasteiger partial charge in [-0.25, -0.2) is 5.01 Å². The molecule has 0 unspecified atom stereocenters. The normalized spacial score (nSPS) is 14.1. The van der Waals surface area contributed by atoms with Crippen molar-refractivity contribution < 1.29 is 4.74 Å². The molecular formula is C12H13N3O. The molecule has 1 heterocycles. The van der Waals surface area contributed by atoms with Gasteiger partial charge in [-0.15, -0.1) is 6.42 Å². The second-order valence-electron chi connectivity index (χ2n) is 3.45. The molecule has 0 amide bonds. The quantitative estimate of drug-likeness (QED) is 0.757. The SMILES string of the molecule is C#Cc1ccc(N2CNC(C)=N2)c(OC)c1. The van der Waals surface area contributed by atoms with E-state index in [4.69, 9.17) is 11.2 Å². The molecule has 4 heteroatoms. The Hall–Kier alpha value is -2.15. The molecule has 0 atom stereocenters. The van der Waals surface area contributed by atoms with Crippen molar-refractivity contribution in [2.24, 2.45) is 5.10 Å². The van der Waals surface area contributed by atoms with Gasteiger partial charge in [0.05, 0.1) is 7.11 Å². The molecule has 1 aliphatic heterocycles. The molecule has 0 radical (unpaired) electrons. The van der Waals surface area contributed by atoms with Crippen molar-refractivity contribution in [2.45, 2.75) is 6.92 Å². The van der Waals surface area contributed by atoms with E-state index < -0.39 is 0 Å². The number of anilines is 1. The Morgan fingerprint density at radius 3 is 2.94 bits per heavy atom. The van der Waals surface area contributed by atoms with Crippen LogP contribution >= 0.6 is 0 Å². The highest BCUT2D eigenvalue weighted by molar-refractivity contribution is 5.83. The fourth-order valence-corrected chi connectivity index (χ4v) is 1.56. The van der Waals surface area contributed by atoms with Crippen LogP contribution in [0.4, 0.5) is 5.69 Å². The fraction of sp³-hybridized carbons (Fsp3) is 0.250. The van der Waals surface area contributed by atoms with Crippen molar-refractivity contribution in [1.82, 2.24) is 5.32 Å². The highest BCUT2D eigenvalue weighted by Crippen LogP contribution is 2.29. The summed E-state index contributed by atoms with van der Waals surface area (Å²) in [5, 5.41) is 9.30. The first-order chi connectivity index (χ1) is 7.74. The summed E-state index contributed by atoms with van der Waals surface area (Å²) in [5.74, 6) is 4.20. The molecule has 0 fully saturated rings. The van der Waals surface area contributed by atoms with Crippen LogP contribution in [0.5, 0.6) is 5.75 Å². The topological polar surface area (TPSA) is 36.9 Å². The molecule has 82 valence electrons. The lowest BCUT2D eigenvalue weighted by Crippen LogP contribution is -2.22. The summed E-state index contributed by atoms with van der Waals surface area (Å²) in [5.41, 5.74) is 1.71. The lowest BCUT2D eigenvalue weighted by atomic mass is 10.2. The molecule has 16 heavy (non-hydrogen) atoms. The van der Waals surface area contributed by atoms with Gasteiger partial charge in [0.2, 0.25) is 0 Å². The van der Waals surface area contributed by atoms with E-state index in [1.165, 1.54) is 0 Å². The predicted octanol–water partition coefficient (Wildman–Crippen LogP) is 1.38. The van der Waals surface area contributed by atoms with Crippen molar-refractivity contribution in [2.75, 3.05) is 18.8 Å². The minimum atomic E-state index is 0.650. The van der Waals surface area contributed by atoms with Gasteiger partial charge in [0.15, 0.2) is 0 Å². The van der Waals surface area contributed by atoms with E-state index in [9.17, 15) is 0 Å². The predicted molar refractivity (Wildman–Crippen MR) is 64.5 cm³/mol. The van der Waals surface area contributed by atoms with Crippen molar-refractivity contribution in [3.05, 3.63) is 23.8 Å². The van der Waals surface area contributed by atoms with E-state index in [2.05, 4.69) is 16.3 Å². The maximum Gasteiger partial charge on any atom is 0.145 e. The van der Waals surface area contributed by atoms with Gasteiger partial charge >= 0.3 is 0 Å². The van der Waals surface area contributed by atoms with Gasteiger partial charge in [0.25, 0.3) is 0 Å². The van der Waals surface area contributed by atoms with Crippen molar-refractivity contribution in [1.29, 1.82) is 0 Å². The Labute approximate surface area is 94.9 Å². The van der Waals surface area contributed by atoms with Crippen LogP contribution in [-0.2, 0) is 0 Å². The Morgan fingerprint density at radius 2 is 2.38 bits per heavy atom. The summed E-state index contributed by atoms with van der Waals surface area (Å²) in [6, 6.07) is 5.62. The summed E-state index contributed by atoms with van der Waals surface area (Å²) in [7, 11) is 1.62. The standard InChI is InChI=1S/C12H13N3O/c1-4-10-5-6-11(12(7-10)16-3)15-8-13-9(2)14-15/h1,5-7H,8H2,2-3H3,(H,13,14). The molecule has 0 aliphatic carbocycles. The minimum Gasteiger partial charge on any atom is -0.494 e. The number of hydrogen-bond donors (Lipinski definition) is 1. The maximum absolute atomic E-state index is 5.34. The first-order valence-corrected chi connectivity index (χ1v) is 4.96. The number of ether oxygens (including phenoxy) is 1. The summed E-state index contributed by atoms with van der Waals surface area (Å²) < 4.78 is 5.30. The van der Waals surface area contributed by atoms with E-state index in [1.54, 1.807) is 7.11 Å². The second-order valence-corrected chi connectivity index (χ2v) is 3.45. The van der Waals surface area contributed by atoms with Crippen LogP contribution < -0.4 is 15.1 Å². The average molecular weight is 215 g/mol. The monoisotopic (exact) mass is 215 g/mol. The van der Waals surface area contributed by atoms with Crippen LogP contribution in [0, 0.1) is 12.3 Å². The average Bonchev–Trinajstić information content (AvgIpc) is 2.74. The molecule has 0 saturated heterocycles. The van der Waals surface area contributed by atoms with Crippen LogP contribution in [0.15, 0.2) is 23.3 Å². The van der Waals surface area contributed by atoms with Crippen molar-refractivity contribution in [3.63, 3.8) is 0 Å². The summed E-state index contributed by atoms with van der Waals surface area (Å²) in [6.45, 7) is 2.57. The van der Waals surface area contributed by atoms with Crippen LogP contribution in [0.1, 0.15) is 12.5 Å². The van der Waals surface area contributed by atoms with Crippen LogP contribution in [-0.4, -0.2) is 19.6 Å². The number of nitrogens with zero attached hydrogens (tertiary/aromatic N) is 2. The number of terminal acetylenes is 1. The van der Waals surface area contributed by atoms with Crippen molar-refractivity contribution in [3.8, 4) is 18.1 Å². The number of methoxy groups -OCH3 is 1. The van der Waals surface area contributed by atoms with Gasteiger partial charge in [0, 0.05) is 5.56 Å². The third-order valence-corrected chi connectivity index (χ3v) is 2.38. The Morgan fingerprint density at radius 1 is 1.56 bits per heavy atom. The van der Waals surface area contributed by atoms with Gasteiger partial charge < -0.3 is 10.1 Å². The van der Waals surface area contributed by atoms with Crippen LogP contribution in [0.3, 0.4) is 0 Å². The third-order valence-electron chi connectivity index (χ3n) is 2.38.